The van der Waals surface area contributed by atoms with E-state index in [1.54, 1.807) is 18.2 Å². The SMILES string of the molecule is Cc1cc(C(C)Nc2ccc(C(N)=O)cc2N)c(C)o1. The Morgan fingerprint density at radius 2 is 2.00 bits per heavy atom. The third-order valence-electron chi connectivity index (χ3n) is 3.25. The van der Waals surface area contributed by atoms with E-state index in [1.165, 1.54) is 0 Å². The van der Waals surface area contributed by atoms with E-state index in [9.17, 15) is 4.79 Å². The molecule has 0 saturated carbocycles. The molecule has 1 heterocycles. The van der Waals surface area contributed by atoms with Crippen molar-refractivity contribution >= 4 is 17.3 Å². The Balaban J connectivity index is 2.22. The van der Waals surface area contributed by atoms with Gasteiger partial charge in [0, 0.05) is 11.1 Å². The van der Waals surface area contributed by atoms with Gasteiger partial charge in [-0.2, -0.15) is 0 Å². The first kappa shape index (κ1) is 14.0. The molecule has 1 unspecified atom stereocenters. The molecule has 2 aromatic rings. The second kappa shape index (κ2) is 5.28. The molecule has 1 atom stereocenters. The Bertz CT molecular complexity index is 647. The van der Waals surface area contributed by atoms with Crippen LogP contribution in [0, 0.1) is 13.8 Å². The van der Waals surface area contributed by atoms with Crippen molar-refractivity contribution in [3.8, 4) is 0 Å². The minimum absolute atomic E-state index is 0.0502. The summed E-state index contributed by atoms with van der Waals surface area (Å²) in [6, 6.07) is 7.04. The Kier molecular flexibility index (Phi) is 3.70. The summed E-state index contributed by atoms with van der Waals surface area (Å²) in [6.45, 7) is 5.87. The monoisotopic (exact) mass is 273 g/mol. The molecule has 0 aliphatic heterocycles. The topological polar surface area (TPSA) is 94.3 Å². The van der Waals surface area contributed by atoms with Crippen molar-refractivity contribution in [3.05, 3.63) is 46.9 Å². The van der Waals surface area contributed by atoms with Gasteiger partial charge in [-0.05, 0) is 45.0 Å². The maximum Gasteiger partial charge on any atom is 0.248 e. The molecule has 0 spiro atoms. The number of carbonyl (C=O) groups is 1. The van der Waals surface area contributed by atoms with Gasteiger partial charge in [0.25, 0.3) is 0 Å². The number of nitrogen functional groups attached to an aromatic ring is 1. The fraction of sp³-hybridized carbons (Fsp3) is 0.267. The van der Waals surface area contributed by atoms with Gasteiger partial charge in [-0.3, -0.25) is 4.79 Å². The number of primary amides is 1. The van der Waals surface area contributed by atoms with Crippen molar-refractivity contribution in [2.45, 2.75) is 26.8 Å². The van der Waals surface area contributed by atoms with E-state index in [0.717, 1.165) is 22.8 Å². The molecule has 0 radical (unpaired) electrons. The fourth-order valence-corrected chi connectivity index (χ4v) is 2.24. The van der Waals surface area contributed by atoms with Gasteiger partial charge in [0.1, 0.15) is 11.5 Å². The lowest BCUT2D eigenvalue weighted by Crippen LogP contribution is -2.13. The summed E-state index contributed by atoms with van der Waals surface area (Å²) in [5.41, 5.74) is 13.9. The molecule has 0 saturated heterocycles. The highest BCUT2D eigenvalue weighted by atomic mass is 16.3. The van der Waals surface area contributed by atoms with Crippen molar-refractivity contribution in [1.82, 2.24) is 0 Å². The van der Waals surface area contributed by atoms with Crippen LogP contribution < -0.4 is 16.8 Å². The van der Waals surface area contributed by atoms with E-state index in [0.29, 0.717) is 11.3 Å². The molecule has 0 fully saturated rings. The van der Waals surface area contributed by atoms with Gasteiger partial charge in [0.15, 0.2) is 0 Å². The van der Waals surface area contributed by atoms with E-state index in [-0.39, 0.29) is 6.04 Å². The average Bonchev–Trinajstić information content (AvgIpc) is 2.70. The number of amides is 1. The lowest BCUT2D eigenvalue weighted by atomic mass is 10.1. The van der Waals surface area contributed by atoms with Gasteiger partial charge in [0.2, 0.25) is 5.91 Å². The Labute approximate surface area is 117 Å². The lowest BCUT2D eigenvalue weighted by Gasteiger charge is -2.16. The van der Waals surface area contributed by atoms with E-state index < -0.39 is 5.91 Å². The van der Waals surface area contributed by atoms with E-state index in [4.69, 9.17) is 15.9 Å². The minimum atomic E-state index is -0.488. The van der Waals surface area contributed by atoms with Crippen molar-refractivity contribution in [2.24, 2.45) is 5.73 Å². The number of hydrogen-bond acceptors (Lipinski definition) is 4. The second-order valence-electron chi connectivity index (χ2n) is 4.90. The first-order valence-electron chi connectivity index (χ1n) is 6.41. The number of carbonyl (C=O) groups excluding carboxylic acids is 1. The summed E-state index contributed by atoms with van der Waals surface area (Å²) in [6.07, 6.45) is 0. The predicted molar refractivity (Wildman–Crippen MR) is 79.6 cm³/mol. The molecular formula is C15H19N3O2. The number of furan rings is 1. The number of hydrogen-bond donors (Lipinski definition) is 3. The third-order valence-corrected chi connectivity index (χ3v) is 3.25. The molecule has 1 amide bonds. The number of benzene rings is 1. The Morgan fingerprint density at radius 1 is 1.30 bits per heavy atom. The maximum absolute atomic E-state index is 11.1. The third kappa shape index (κ3) is 2.77. The number of nitrogens with one attached hydrogen (secondary N) is 1. The standard InChI is InChI=1S/C15H19N3O2/c1-8-6-12(10(3)20-8)9(2)18-14-5-4-11(15(17)19)7-13(14)16/h4-7,9,18H,16H2,1-3H3,(H2,17,19). The number of rotatable bonds is 4. The average molecular weight is 273 g/mol. The molecule has 5 N–H and O–H groups in total. The molecule has 5 nitrogen and oxygen atoms in total. The molecule has 20 heavy (non-hydrogen) atoms. The summed E-state index contributed by atoms with van der Waals surface area (Å²) in [5, 5.41) is 3.31. The van der Waals surface area contributed by atoms with Crippen molar-refractivity contribution < 1.29 is 9.21 Å². The minimum Gasteiger partial charge on any atom is -0.466 e. The quantitative estimate of drug-likeness (QED) is 0.746. The highest BCUT2D eigenvalue weighted by Crippen LogP contribution is 2.28. The van der Waals surface area contributed by atoms with E-state index in [2.05, 4.69) is 5.32 Å². The second-order valence-corrected chi connectivity index (χ2v) is 4.90. The fourth-order valence-electron chi connectivity index (χ4n) is 2.24. The van der Waals surface area contributed by atoms with Crippen molar-refractivity contribution in [1.29, 1.82) is 0 Å². The van der Waals surface area contributed by atoms with Crippen LogP contribution in [-0.2, 0) is 0 Å². The molecule has 1 aromatic heterocycles. The van der Waals surface area contributed by atoms with Crippen molar-refractivity contribution in [2.75, 3.05) is 11.1 Å². The molecule has 106 valence electrons. The van der Waals surface area contributed by atoms with Crippen LogP contribution in [0.1, 0.15) is 40.4 Å². The van der Waals surface area contributed by atoms with Crippen LogP contribution in [0.2, 0.25) is 0 Å². The zero-order chi connectivity index (χ0) is 14.9. The molecule has 0 aliphatic rings. The molecule has 1 aromatic carbocycles. The number of nitrogens with two attached hydrogens (primary N) is 2. The van der Waals surface area contributed by atoms with Gasteiger partial charge in [0.05, 0.1) is 17.4 Å². The summed E-state index contributed by atoms with van der Waals surface area (Å²) in [7, 11) is 0. The summed E-state index contributed by atoms with van der Waals surface area (Å²) in [5.74, 6) is 1.27. The van der Waals surface area contributed by atoms with Gasteiger partial charge in [-0.15, -0.1) is 0 Å². The lowest BCUT2D eigenvalue weighted by molar-refractivity contribution is 0.100. The van der Waals surface area contributed by atoms with Crippen LogP contribution in [0.5, 0.6) is 0 Å². The normalized spacial score (nSPS) is 12.2. The zero-order valence-corrected chi connectivity index (χ0v) is 11.9. The highest BCUT2D eigenvalue weighted by Gasteiger charge is 2.14. The number of anilines is 2. The first-order chi connectivity index (χ1) is 9.38. The van der Waals surface area contributed by atoms with Crippen LogP contribution in [0.15, 0.2) is 28.7 Å². The van der Waals surface area contributed by atoms with Crippen molar-refractivity contribution in [3.63, 3.8) is 0 Å². The molecule has 0 aliphatic carbocycles. The Morgan fingerprint density at radius 3 is 2.50 bits per heavy atom. The Hall–Kier alpha value is -2.43. The summed E-state index contributed by atoms with van der Waals surface area (Å²) >= 11 is 0. The molecular weight excluding hydrogens is 254 g/mol. The van der Waals surface area contributed by atoms with E-state index >= 15 is 0 Å². The van der Waals surface area contributed by atoms with Crippen LogP contribution >= 0.6 is 0 Å². The van der Waals surface area contributed by atoms with Gasteiger partial charge >= 0.3 is 0 Å². The van der Waals surface area contributed by atoms with E-state index in [1.807, 2.05) is 26.8 Å². The zero-order valence-electron chi connectivity index (χ0n) is 11.9. The van der Waals surface area contributed by atoms with Gasteiger partial charge in [-0.25, -0.2) is 0 Å². The van der Waals surface area contributed by atoms with Crippen LogP contribution in [0.3, 0.4) is 0 Å². The predicted octanol–water partition coefficient (Wildman–Crippen LogP) is 2.75. The van der Waals surface area contributed by atoms with Crippen LogP contribution in [0.25, 0.3) is 0 Å². The highest BCUT2D eigenvalue weighted by molar-refractivity contribution is 5.94. The number of aryl methyl sites for hydroxylation is 2. The maximum atomic E-state index is 11.1. The molecule has 5 heteroatoms. The van der Waals surface area contributed by atoms with Crippen LogP contribution in [-0.4, -0.2) is 5.91 Å². The van der Waals surface area contributed by atoms with Gasteiger partial charge < -0.3 is 21.2 Å². The largest absolute Gasteiger partial charge is 0.466 e. The molecule has 0 bridgehead atoms. The first-order valence-corrected chi connectivity index (χ1v) is 6.41. The summed E-state index contributed by atoms with van der Waals surface area (Å²) in [4.78, 5) is 11.1. The smallest absolute Gasteiger partial charge is 0.248 e. The molecule has 2 rings (SSSR count). The van der Waals surface area contributed by atoms with Crippen LogP contribution in [0.4, 0.5) is 11.4 Å². The van der Waals surface area contributed by atoms with Gasteiger partial charge in [-0.1, -0.05) is 0 Å². The summed E-state index contributed by atoms with van der Waals surface area (Å²) < 4.78 is 5.52.